The van der Waals surface area contributed by atoms with Gasteiger partial charge in [0.2, 0.25) is 0 Å². The number of hydrogen-bond donors (Lipinski definition) is 1. The lowest BCUT2D eigenvalue weighted by atomic mass is 9.92. The van der Waals surface area contributed by atoms with Crippen LogP contribution in [0, 0.1) is 11.8 Å². The molecule has 2 atom stereocenters. The number of anilines is 1. The Balaban J connectivity index is 0.00000169. The summed E-state index contributed by atoms with van der Waals surface area (Å²) in [6.07, 6.45) is 3.98. The van der Waals surface area contributed by atoms with E-state index in [0.29, 0.717) is 11.6 Å². The van der Waals surface area contributed by atoms with Crippen molar-refractivity contribution in [3.63, 3.8) is 0 Å². The quantitative estimate of drug-likeness (QED) is 0.839. The smallest absolute Gasteiger partial charge is 0.255 e. The van der Waals surface area contributed by atoms with Gasteiger partial charge in [-0.3, -0.25) is 4.79 Å². The van der Waals surface area contributed by atoms with Crippen LogP contribution in [0.1, 0.15) is 44.0 Å². The molecule has 0 saturated carbocycles. The standard InChI is InChI=1S/C19H30N4O.2ClH/c1-4-23(14(2)3)18-6-5-17(13-21-18)19(24)22-9-7-15-11-20-12-16(15)8-10-22;;/h5-6,13-16,20H,4,7-12H2,1-3H3;2*1H/t15-,16+;;. The highest BCUT2D eigenvalue weighted by molar-refractivity contribution is 5.94. The lowest BCUT2D eigenvalue weighted by Gasteiger charge is -2.26. The second kappa shape index (κ2) is 10.3. The van der Waals surface area contributed by atoms with Crippen molar-refractivity contribution in [3.8, 4) is 0 Å². The van der Waals surface area contributed by atoms with E-state index in [0.717, 1.165) is 63.2 Å². The third-order valence-electron chi connectivity index (χ3n) is 5.56. The van der Waals surface area contributed by atoms with Crippen LogP contribution in [-0.2, 0) is 0 Å². The third-order valence-corrected chi connectivity index (χ3v) is 5.56. The Morgan fingerprint density at radius 3 is 2.31 bits per heavy atom. The van der Waals surface area contributed by atoms with Crippen molar-refractivity contribution in [1.29, 1.82) is 0 Å². The zero-order chi connectivity index (χ0) is 17.1. The molecule has 148 valence electrons. The van der Waals surface area contributed by atoms with Crippen molar-refractivity contribution in [2.75, 3.05) is 37.6 Å². The number of likely N-dealkylation sites (tertiary alicyclic amines) is 1. The van der Waals surface area contributed by atoms with Crippen LogP contribution < -0.4 is 10.2 Å². The first kappa shape index (κ1) is 23.0. The maximum absolute atomic E-state index is 12.8. The third kappa shape index (κ3) is 5.02. The summed E-state index contributed by atoms with van der Waals surface area (Å²) in [5.74, 6) is 2.56. The predicted molar refractivity (Wildman–Crippen MR) is 112 cm³/mol. The molecule has 1 amide bonds. The van der Waals surface area contributed by atoms with E-state index in [2.05, 4.69) is 36.0 Å². The number of fused-ring (bicyclic) bond motifs is 1. The van der Waals surface area contributed by atoms with Crippen LogP contribution in [0.2, 0.25) is 0 Å². The summed E-state index contributed by atoms with van der Waals surface area (Å²) in [6, 6.07) is 4.32. The molecule has 1 aromatic heterocycles. The van der Waals surface area contributed by atoms with E-state index < -0.39 is 0 Å². The molecule has 0 aliphatic carbocycles. The first-order valence-electron chi connectivity index (χ1n) is 9.32. The van der Waals surface area contributed by atoms with Gasteiger partial charge in [-0.05, 0) is 70.7 Å². The van der Waals surface area contributed by atoms with Crippen molar-refractivity contribution < 1.29 is 4.79 Å². The van der Waals surface area contributed by atoms with E-state index in [1.165, 1.54) is 0 Å². The number of carbonyl (C=O) groups excluding carboxylic acids is 1. The molecular formula is C19H32Cl2N4O. The molecule has 2 fully saturated rings. The van der Waals surface area contributed by atoms with Crippen LogP contribution in [-0.4, -0.2) is 54.6 Å². The molecule has 3 rings (SSSR count). The fraction of sp³-hybridized carbons (Fsp3) is 0.684. The number of hydrogen-bond acceptors (Lipinski definition) is 4. The molecule has 5 nitrogen and oxygen atoms in total. The van der Waals surface area contributed by atoms with E-state index >= 15 is 0 Å². The van der Waals surface area contributed by atoms with E-state index in [9.17, 15) is 4.79 Å². The van der Waals surface area contributed by atoms with E-state index in [1.807, 2.05) is 17.0 Å². The monoisotopic (exact) mass is 402 g/mol. The zero-order valence-electron chi connectivity index (χ0n) is 16.0. The second-order valence-corrected chi connectivity index (χ2v) is 7.33. The van der Waals surface area contributed by atoms with Crippen LogP contribution in [0.15, 0.2) is 18.3 Å². The summed E-state index contributed by atoms with van der Waals surface area (Å²) in [7, 11) is 0. The number of aromatic nitrogens is 1. The van der Waals surface area contributed by atoms with Crippen LogP contribution >= 0.6 is 24.8 Å². The van der Waals surface area contributed by atoms with Gasteiger partial charge in [0.05, 0.1) is 5.56 Å². The van der Waals surface area contributed by atoms with Gasteiger partial charge in [-0.25, -0.2) is 4.98 Å². The van der Waals surface area contributed by atoms with Gasteiger partial charge in [0.25, 0.3) is 5.91 Å². The number of pyridine rings is 1. The number of nitrogens with zero attached hydrogens (tertiary/aromatic N) is 3. The van der Waals surface area contributed by atoms with Gasteiger partial charge in [-0.1, -0.05) is 0 Å². The fourth-order valence-electron chi connectivity index (χ4n) is 4.08. The van der Waals surface area contributed by atoms with Gasteiger partial charge in [0.15, 0.2) is 0 Å². The number of rotatable bonds is 4. The molecule has 1 N–H and O–H groups in total. The fourth-order valence-corrected chi connectivity index (χ4v) is 4.08. The lowest BCUT2D eigenvalue weighted by Crippen LogP contribution is -2.33. The van der Waals surface area contributed by atoms with Crippen LogP contribution in [0.25, 0.3) is 0 Å². The lowest BCUT2D eigenvalue weighted by molar-refractivity contribution is 0.0758. The van der Waals surface area contributed by atoms with Crippen LogP contribution in [0.3, 0.4) is 0 Å². The van der Waals surface area contributed by atoms with Crippen molar-refractivity contribution in [2.24, 2.45) is 11.8 Å². The van der Waals surface area contributed by atoms with Crippen molar-refractivity contribution >= 4 is 36.5 Å². The molecule has 0 spiro atoms. The van der Waals surface area contributed by atoms with E-state index in [-0.39, 0.29) is 30.7 Å². The predicted octanol–water partition coefficient (Wildman–Crippen LogP) is 3.23. The molecule has 2 saturated heterocycles. The van der Waals surface area contributed by atoms with E-state index in [4.69, 9.17) is 0 Å². The first-order chi connectivity index (χ1) is 11.6. The minimum atomic E-state index is 0. The van der Waals surface area contributed by atoms with Gasteiger partial charge < -0.3 is 15.1 Å². The molecule has 2 aliphatic heterocycles. The first-order valence-corrected chi connectivity index (χ1v) is 9.32. The summed E-state index contributed by atoms with van der Waals surface area (Å²) in [5, 5.41) is 3.48. The van der Waals surface area contributed by atoms with Gasteiger partial charge >= 0.3 is 0 Å². The van der Waals surface area contributed by atoms with Gasteiger partial charge in [-0.15, -0.1) is 24.8 Å². The highest BCUT2D eigenvalue weighted by Crippen LogP contribution is 2.27. The Hall–Kier alpha value is -1.04. The van der Waals surface area contributed by atoms with Gasteiger partial charge in [0.1, 0.15) is 5.82 Å². The Morgan fingerprint density at radius 2 is 1.85 bits per heavy atom. The van der Waals surface area contributed by atoms with Crippen molar-refractivity contribution in [3.05, 3.63) is 23.9 Å². The summed E-state index contributed by atoms with van der Waals surface area (Å²) in [5.41, 5.74) is 0.712. The maximum atomic E-state index is 12.8. The van der Waals surface area contributed by atoms with Crippen molar-refractivity contribution in [1.82, 2.24) is 15.2 Å². The largest absolute Gasteiger partial charge is 0.354 e. The SMILES string of the molecule is CCN(c1ccc(C(=O)N2CC[C@@H]3CNC[C@@H]3CC2)cn1)C(C)C.Cl.Cl. The molecule has 0 unspecified atom stereocenters. The molecule has 2 aliphatic rings. The highest BCUT2D eigenvalue weighted by Gasteiger charge is 2.31. The van der Waals surface area contributed by atoms with Crippen molar-refractivity contribution in [2.45, 2.75) is 39.7 Å². The Morgan fingerprint density at radius 1 is 1.23 bits per heavy atom. The Kier molecular flexibility index (Phi) is 9.14. The summed E-state index contributed by atoms with van der Waals surface area (Å²) in [6.45, 7) is 11.3. The molecular weight excluding hydrogens is 371 g/mol. The van der Waals surface area contributed by atoms with Gasteiger partial charge in [-0.2, -0.15) is 0 Å². The van der Waals surface area contributed by atoms with E-state index in [1.54, 1.807) is 6.20 Å². The van der Waals surface area contributed by atoms with Crippen LogP contribution in [0.5, 0.6) is 0 Å². The molecule has 0 bridgehead atoms. The Labute approximate surface area is 169 Å². The molecule has 0 radical (unpaired) electrons. The van der Waals surface area contributed by atoms with Gasteiger partial charge in [0, 0.05) is 31.9 Å². The summed E-state index contributed by atoms with van der Waals surface area (Å²) < 4.78 is 0. The minimum Gasteiger partial charge on any atom is -0.354 e. The molecule has 7 heteroatoms. The Bertz CT molecular complexity index is 553. The number of halogens is 2. The average Bonchev–Trinajstić information content (AvgIpc) is 2.94. The topological polar surface area (TPSA) is 48.5 Å². The number of amides is 1. The molecule has 0 aromatic carbocycles. The second-order valence-electron chi connectivity index (χ2n) is 7.33. The summed E-state index contributed by atoms with van der Waals surface area (Å²) >= 11 is 0. The highest BCUT2D eigenvalue weighted by atomic mass is 35.5. The van der Waals surface area contributed by atoms with Crippen LogP contribution in [0.4, 0.5) is 5.82 Å². The number of carbonyl (C=O) groups is 1. The molecule has 1 aromatic rings. The number of nitrogens with one attached hydrogen (secondary N) is 1. The normalized spacial score (nSPS) is 22.1. The minimum absolute atomic E-state index is 0. The summed E-state index contributed by atoms with van der Waals surface area (Å²) in [4.78, 5) is 21.6. The maximum Gasteiger partial charge on any atom is 0.255 e. The molecule has 3 heterocycles. The zero-order valence-corrected chi connectivity index (χ0v) is 17.6. The average molecular weight is 403 g/mol. The molecule has 26 heavy (non-hydrogen) atoms.